The van der Waals surface area contributed by atoms with Gasteiger partial charge in [-0.2, -0.15) is 18.3 Å². The second-order valence-corrected chi connectivity index (χ2v) is 8.48. The number of hydrogen-bond acceptors (Lipinski definition) is 4. The molecule has 0 unspecified atom stereocenters. The van der Waals surface area contributed by atoms with Gasteiger partial charge in [0.25, 0.3) is 0 Å². The van der Waals surface area contributed by atoms with E-state index >= 15 is 0 Å². The molecule has 0 saturated heterocycles. The Bertz CT molecular complexity index is 1060. The molecular formula is C23H26F3N5O. The van der Waals surface area contributed by atoms with Gasteiger partial charge in [0.1, 0.15) is 0 Å². The van der Waals surface area contributed by atoms with E-state index in [1.807, 2.05) is 18.2 Å². The Balaban J connectivity index is 1.40. The lowest BCUT2D eigenvalue weighted by molar-refractivity contribution is -0.194. The van der Waals surface area contributed by atoms with Crippen molar-refractivity contribution in [3.8, 4) is 0 Å². The number of nitrogens with one attached hydrogen (secondary N) is 3. The number of H-pyrrole nitrogens is 1. The van der Waals surface area contributed by atoms with Gasteiger partial charge in [-0.1, -0.05) is 12.1 Å². The molecule has 3 N–H and O–H groups in total. The predicted molar refractivity (Wildman–Crippen MR) is 115 cm³/mol. The molecule has 3 aromatic rings. The maximum atomic E-state index is 13.8. The summed E-state index contributed by atoms with van der Waals surface area (Å²) < 4.78 is 41.4. The molecule has 1 aromatic carbocycles. The molecule has 9 heteroatoms. The summed E-state index contributed by atoms with van der Waals surface area (Å²) in [6, 6.07) is 9.15. The van der Waals surface area contributed by atoms with Crippen molar-refractivity contribution in [2.24, 2.45) is 5.41 Å². The zero-order chi connectivity index (χ0) is 22.8. The Hall–Kier alpha value is -2.94. The summed E-state index contributed by atoms with van der Waals surface area (Å²) in [4.78, 5) is 16.7. The van der Waals surface area contributed by atoms with Crippen molar-refractivity contribution in [2.75, 3.05) is 13.6 Å². The molecule has 0 radical (unpaired) electrons. The molecule has 1 aliphatic carbocycles. The molecule has 1 amide bonds. The molecule has 6 nitrogen and oxygen atoms in total. The lowest BCUT2D eigenvalue weighted by Gasteiger charge is -2.29. The first-order valence-corrected chi connectivity index (χ1v) is 10.6. The van der Waals surface area contributed by atoms with Crippen LogP contribution in [0.5, 0.6) is 0 Å². The van der Waals surface area contributed by atoms with Gasteiger partial charge in [-0.25, -0.2) is 0 Å². The SMILES string of the molecule is CN[C@H](CNC(=O)C[C@H](c1cccnc1)C1(C(F)(F)F)CC1)Cc1ccc2[nH]ncc2c1. The third kappa shape index (κ3) is 4.62. The number of likely N-dealkylation sites (N-methyl/N-ethyl adjacent to an activating group) is 1. The molecule has 2 heterocycles. The number of nitrogens with zero attached hydrogens (tertiary/aromatic N) is 2. The van der Waals surface area contributed by atoms with Crippen molar-refractivity contribution in [2.45, 2.75) is 43.8 Å². The van der Waals surface area contributed by atoms with Crippen LogP contribution >= 0.6 is 0 Å². The lowest BCUT2D eigenvalue weighted by Crippen LogP contribution is -2.42. The summed E-state index contributed by atoms with van der Waals surface area (Å²) in [7, 11) is 1.80. The molecule has 170 valence electrons. The average molecular weight is 445 g/mol. The molecule has 0 bridgehead atoms. The first kappa shape index (κ1) is 22.3. The number of pyridine rings is 1. The first-order chi connectivity index (χ1) is 15.3. The van der Waals surface area contributed by atoms with Crippen molar-refractivity contribution >= 4 is 16.8 Å². The minimum atomic E-state index is -4.35. The highest BCUT2D eigenvalue weighted by Gasteiger charge is 2.67. The smallest absolute Gasteiger partial charge is 0.355 e. The van der Waals surface area contributed by atoms with E-state index < -0.39 is 17.5 Å². The van der Waals surface area contributed by atoms with E-state index in [0.29, 0.717) is 18.5 Å². The van der Waals surface area contributed by atoms with Crippen molar-refractivity contribution < 1.29 is 18.0 Å². The van der Waals surface area contributed by atoms with Crippen LogP contribution in [0.3, 0.4) is 0 Å². The Labute approximate surface area is 184 Å². The molecule has 0 spiro atoms. The second kappa shape index (κ2) is 8.90. The van der Waals surface area contributed by atoms with Gasteiger partial charge in [0.05, 0.1) is 17.1 Å². The fraction of sp³-hybridized carbons (Fsp3) is 0.435. The fourth-order valence-electron chi connectivity index (χ4n) is 4.35. The van der Waals surface area contributed by atoms with Gasteiger partial charge >= 0.3 is 6.18 Å². The summed E-state index contributed by atoms with van der Waals surface area (Å²) >= 11 is 0. The van der Waals surface area contributed by atoms with Crippen LogP contribution < -0.4 is 10.6 Å². The summed E-state index contributed by atoms with van der Waals surface area (Å²) in [6.07, 6.45) is 0.879. The number of hydrogen-bond donors (Lipinski definition) is 3. The molecule has 1 fully saturated rings. The van der Waals surface area contributed by atoms with Gasteiger partial charge < -0.3 is 10.6 Å². The number of amides is 1. The lowest BCUT2D eigenvalue weighted by atomic mass is 9.80. The molecule has 32 heavy (non-hydrogen) atoms. The van der Waals surface area contributed by atoms with Crippen LogP contribution in [0.2, 0.25) is 0 Å². The number of alkyl halides is 3. The molecule has 1 aliphatic rings. The van der Waals surface area contributed by atoms with E-state index in [1.54, 1.807) is 25.4 Å². The zero-order valence-electron chi connectivity index (χ0n) is 17.7. The van der Waals surface area contributed by atoms with Crippen LogP contribution in [0, 0.1) is 5.41 Å². The highest BCUT2D eigenvalue weighted by Crippen LogP contribution is 2.66. The van der Waals surface area contributed by atoms with Gasteiger partial charge in [0.2, 0.25) is 5.91 Å². The van der Waals surface area contributed by atoms with Crippen molar-refractivity contribution in [3.63, 3.8) is 0 Å². The first-order valence-electron chi connectivity index (χ1n) is 10.6. The minimum absolute atomic E-state index is 0.0406. The Kier molecular flexibility index (Phi) is 6.19. The van der Waals surface area contributed by atoms with Gasteiger partial charge in [-0.15, -0.1) is 0 Å². The summed E-state index contributed by atoms with van der Waals surface area (Å²) in [5.41, 5.74) is 0.643. The quantitative estimate of drug-likeness (QED) is 0.469. The van der Waals surface area contributed by atoms with Crippen LogP contribution in [0.1, 0.15) is 36.3 Å². The molecule has 0 aliphatic heterocycles. The number of aromatic amines is 1. The predicted octanol–water partition coefficient (Wildman–Crippen LogP) is 3.72. The van der Waals surface area contributed by atoms with Crippen LogP contribution in [0.25, 0.3) is 10.9 Å². The van der Waals surface area contributed by atoms with Gasteiger partial charge in [0, 0.05) is 42.7 Å². The van der Waals surface area contributed by atoms with Crippen molar-refractivity contribution in [1.82, 2.24) is 25.8 Å². The van der Waals surface area contributed by atoms with E-state index in [1.165, 1.54) is 12.4 Å². The Morgan fingerprint density at radius 3 is 2.72 bits per heavy atom. The number of fused-ring (bicyclic) bond motifs is 1. The summed E-state index contributed by atoms with van der Waals surface area (Å²) in [5.74, 6) is -1.33. The maximum absolute atomic E-state index is 13.8. The van der Waals surface area contributed by atoms with Crippen LogP contribution in [-0.4, -0.2) is 46.9 Å². The topological polar surface area (TPSA) is 82.7 Å². The van der Waals surface area contributed by atoms with E-state index in [-0.39, 0.29) is 31.2 Å². The largest absolute Gasteiger partial charge is 0.395 e. The van der Waals surface area contributed by atoms with E-state index in [4.69, 9.17) is 0 Å². The van der Waals surface area contributed by atoms with Crippen LogP contribution in [0.15, 0.2) is 48.9 Å². The highest BCUT2D eigenvalue weighted by atomic mass is 19.4. The van der Waals surface area contributed by atoms with Crippen LogP contribution in [-0.2, 0) is 11.2 Å². The standard InChI is InChI=1S/C23H26F3N5O/c1-27-18(10-15-4-5-20-17(9-15)13-30-31-20)14-29-21(32)11-19(16-3-2-8-28-12-16)22(6-7-22)23(24,25)26/h2-5,8-9,12-13,18-19,27H,6-7,10-11,14H2,1H3,(H,29,32)(H,30,31)/t18-,19+/m0/s1. The van der Waals surface area contributed by atoms with Crippen molar-refractivity contribution in [3.05, 3.63) is 60.0 Å². The van der Waals surface area contributed by atoms with Gasteiger partial charge in [-0.05, 0) is 55.6 Å². The fourth-order valence-corrected chi connectivity index (χ4v) is 4.35. The number of aromatic nitrogens is 3. The maximum Gasteiger partial charge on any atom is 0.395 e. The molecule has 2 aromatic heterocycles. The average Bonchev–Trinajstić information content (AvgIpc) is 3.47. The third-order valence-electron chi connectivity index (χ3n) is 6.44. The molecule has 4 rings (SSSR count). The highest BCUT2D eigenvalue weighted by molar-refractivity contribution is 5.78. The Morgan fingerprint density at radius 1 is 1.25 bits per heavy atom. The summed E-state index contributed by atoms with van der Waals surface area (Å²) in [6.45, 7) is 0.317. The van der Waals surface area contributed by atoms with E-state index in [9.17, 15) is 18.0 Å². The number of carbonyl (C=O) groups is 1. The van der Waals surface area contributed by atoms with Crippen LogP contribution in [0.4, 0.5) is 13.2 Å². The normalized spacial score (nSPS) is 17.1. The van der Waals surface area contributed by atoms with E-state index in [2.05, 4.69) is 25.8 Å². The number of benzene rings is 1. The number of carbonyl (C=O) groups excluding carboxylic acids is 1. The molecule has 1 saturated carbocycles. The summed E-state index contributed by atoms with van der Waals surface area (Å²) in [5, 5.41) is 13.9. The van der Waals surface area contributed by atoms with Gasteiger partial charge in [0.15, 0.2) is 0 Å². The Morgan fingerprint density at radius 2 is 2.06 bits per heavy atom. The monoisotopic (exact) mass is 445 g/mol. The number of rotatable bonds is 9. The number of halogens is 3. The van der Waals surface area contributed by atoms with Crippen molar-refractivity contribution in [1.29, 1.82) is 0 Å². The zero-order valence-corrected chi connectivity index (χ0v) is 17.7. The van der Waals surface area contributed by atoms with E-state index in [0.717, 1.165) is 16.5 Å². The minimum Gasteiger partial charge on any atom is -0.355 e. The molecular weight excluding hydrogens is 419 g/mol. The molecule has 2 atom stereocenters. The van der Waals surface area contributed by atoms with Gasteiger partial charge in [-0.3, -0.25) is 14.9 Å². The second-order valence-electron chi connectivity index (χ2n) is 8.48. The third-order valence-corrected chi connectivity index (χ3v) is 6.44.